The van der Waals surface area contributed by atoms with Gasteiger partial charge in [-0.1, -0.05) is 6.92 Å². The van der Waals surface area contributed by atoms with Crippen molar-refractivity contribution < 1.29 is 4.79 Å². The number of nitrogens with zero attached hydrogens (tertiary/aromatic N) is 6. The van der Waals surface area contributed by atoms with Crippen molar-refractivity contribution in [2.75, 3.05) is 7.05 Å². The van der Waals surface area contributed by atoms with E-state index in [2.05, 4.69) is 32.1 Å². The molecule has 0 aliphatic carbocycles. The number of hydrogen-bond donors (Lipinski definition) is 1. The number of rotatable bonds is 6. The smallest absolute Gasteiger partial charge is 0.224 e. The van der Waals surface area contributed by atoms with Gasteiger partial charge in [0.1, 0.15) is 11.6 Å². The topological polar surface area (TPSA) is 80.9 Å². The van der Waals surface area contributed by atoms with Gasteiger partial charge in [-0.25, -0.2) is 0 Å². The molecule has 0 saturated carbocycles. The number of carbonyl (C=O) groups is 1. The van der Waals surface area contributed by atoms with Crippen LogP contribution in [-0.2, 0) is 24.9 Å². The highest BCUT2D eigenvalue weighted by atomic mass is 16.2. The molecule has 0 aromatic carbocycles. The maximum absolute atomic E-state index is 12.3. The molecule has 1 N–H and O–H groups in total. The standard InChI is InChI=1S/C17H27N7O/c1-6-7-24-12(3)20-21-15(24)10-18-14-8-16(25)22(4)17(14)13-9-19-23(5)11(13)2/h9,14,17-18H,6-8,10H2,1-5H3/t14-,17+/m1/s1. The minimum Gasteiger partial charge on any atom is -0.337 e. The van der Waals surface area contributed by atoms with Gasteiger partial charge in [0, 0.05) is 44.4 Å². The average Bonchev–Trinajstić information content (AvgIpc) is 3.19. The van der Waals surface area contributed by atoms with E-state index >= 15 is 0 Å². The lowest BCUT2D eigenvalue weighted by Crippen LogP contribution is -2.35. The monoisotopic (exact) mass is 345 g/mol. The molecule has 2 atom stereocenters. The molecule has 3 heterocycles. The first kappa shape index (κ1) is 17.6. The summed E-state index contributed by atoms with van der Waals surface area (Å²) < 4.78 is 3.99. The van der Waals surface area contributed by atoms with Crippen LogP contribution in [-0.4, -0.2) is 48.4 Å². The highest BCUT2D eigenvalue weighted by molar-refractivity contribution is 5.80. The first-order chi connectivity index (χ1) is 11.9. The Morgan fingerprint density at radius 3 is 2.68 bits per heavy atom. The van der Waals surface area contributed by atoms with Crippen LogP contribution in [0.1, 0.15) is 48.7 Å². The van der Waals surface area contributed by atoms with Crippen LogP contribution in [0.3, 0.4) is 0 Å². The molecule has 1 aliphatic rings. The summed E-state index contributed by atoms with van der Waals surface area (Å²) in [7, 11) is 3.79. The van der Waals surface area contributed by atoms with Crippen LogP contribution in [0, 0.1) is 13.8 Å². The maximum Gasteiger partial charge on any atom is 0.224 e. The Hall–Kier alpha value is -2.22. The summed E-state index contributed by atoms with van der Waals surface area (Å²) in [5.74, 6) is 2.00. The minimum atomic E-state index is -0.00940. The Balaban J connectivity index is 1.79. The number of likely N-dealkylation sites (N-methyl/N-ethyl adjacent to an activating group) is 1. The van der Waals surface area contributed by atoms with Gasteiger partial charge in [-0.05, 0) is 20.3 Å². The predicted molar refractivity (Wildman–Crippen MR) is 93.8 cm³/mol. The van der Waals surface area contributed by atoms with Crippen molar-refractivity contribution in [3.8, 4) is 0 Å². The van der Waals surface area contributed by atoms with Gasteiger partial charge in [-0.3, -0.25) is 9.48 Å². The molecular formula is C17H27N7O. The lowest BCUT2D eigenvalue weighted by Gasteiger charge is -2.25. The molecular weight excluding hydrogens is 318 g/mol. The van der Waals surface area contributed by atoms with Gasteiger partial charge in [-0.2, -0.15) is 5.10 Å². The average molecular weight is 345 g/mol. The zero-order valence-corrected chi connectivity index (χ0v) is 15.7. The van der Waals surface area contributed by atoms with Crippen molar-refractivity contribution >= 4 is 5.91 Å². The van der Waals surface area contributed by atoms with Crippen LogP contribution in [0.5, 0.6) is 0 Å². The van der Waals surface area contributed by atoms with E-state index in [4.69, 9.17) is 0 Å². The van der Waals surface area contributed by atoms with E-state index < -0.39 is 0 Å². The van der Waals surface area contributed by atoms with Gasteiger partial charge in [0.2, 0.25) is 5.91 Å². The van der Waals surface area contributed by atoms with Gasteiger partial charge >= 0.3 is 0 Å². The van der Waals surface area contributed by atoms with E-state index in [1.165, 1.54) is 0 Å². The van der Waals surface area contributed by atoms with Crippen LogP contribution in [0.4, 0.5) is 0 Å². The van der Waals surface area contributed by atoms with E-state index in [1.807, 2.05) is 43.7 Å². The highest BCUT2D eigenvalue weighted by Gasteiger charge is 2.39. The third kappa shape index (κ3) is 3.18. The van der Waals surface area contributed by atoms with Gasteiger partial charge in [0.05, 0.1) is 18.8 Å². The number of carbonyl (C=O) groups excluding carboxylic acids is 1. The second-order valence-corrected chi connectivity index (χ2v) is 6.77. The second kappa shape index (κ2) is 6.95. The van der Waals surface area contributed by atoms with Gasteiger partial charge in [-0.15, -0.1) is 10.2 Å². The summed E-state index contributed by atoms with van der Waals surface area (Å²) in [5.41, 5.74) is 2.18. The number of aromatic nitrogens is 5. The molecule has 8 nitrogen and oxygen atoms in total. The summed E-state index contributed by atoms with van der Waals surface area (Å²) in [6, 6.07) is 0.0253. The number of aryl methyl sites for hydroxylation is 2. The van der Waals surface area contributed by atoms with E-state index in [-0.39, 0.29) is 18.0 Å². The fourth-order valence-corrected chi connectivity index (χ4v) is 3.58. The molecule has 8 heteroatoms. The van der Waals surface area contributed by atoms with Crippen molar-refractivity contribution in [1.82, 2.24) is 34.8 Å². The van der Waals surface area contributed by atoms with Crippen molar-refractivity contribution in [3.05, 3.63) is 29.1 Å². The molecule has 3 rings (SSSR count). The normalized spacial score (nSPS) is 20.7. The third-order valence-corrected chi connectivity index (χ3v) is 5.16. The van der Waals surface area contributed by atoms with Crippen molar-refractivity contribution in [1.29, 1.82) is 0 Å². The molecule has 0 radical (unpaired) electrons. The summed E-state index contributed by atoms with van der Waals surface area (Å²) in [6.45, 7) is 7.66. The predicted octanol–water partition coefficient (Wildman–Crippen LogP) is 1.10. The van der Waals surface area contributed by atoms with Crippen LogP contribution in [0.25, 0.3) is 0 Å². The third-order valence-electron chi connectivity index (χ3n) is 5.16. The van der Waals surface area contributed by atoms with E-state index in [0.29, 0.717) is 13.0 Å². The van der Waals surface area contributed by atoms with Gasteiger partial charge in [0.15, 0.2) is 0 Å². The maximum atomic E-state index is 12.3. The number of likely N-dealkylation sites (tertiary alicyclic amines) is 1. The molecule has 2 aromatic heterocycles. The first-order valence-electron chi connectivity index (χ1n) is 8.80. The quantitative estimate of drug-likeness (QED) is 0.848. The van der Waals surface area contributed by atoms with Crippen LogP contribution < -0.4 is 5.32 Å². The fourth-order valence-electron chi connectivity index (χ4n) is 3.58. The fraction of sp³-hybridized carbons (Fsp3) is 0.647. The Morgan fingerprint density at radius 1 is 1.28 bits per heavy atom. The molecule has 2 aromatic rings. The Labute approximate surface area is 148 Å². The number of hydrogen-bond acceptors (Lipinski definition) is 5. The van der Waals surface area contributed by atoms with Crippen LogP contribution >= 0.6 is 0 Å². The SMILES string of the molecule is CCCn1c(C)nnc1CN[C@@H]1CC(=O)N(C)[C@H]1c1cnn(C)c1C. The molecule has 25 heavy (non-hydrogen) atoms. The van der Waals surface area contributed by atoms with Crippen molar-refractivity contribution in [2.24, 2.45) is 7.05 Å². The van der Waals surface area contributed by atoms with E-state index in [9.17, 15) is 4.79 Å². The number of nitrogens with one attached hydrogen (secondary N) is 1. The molecule has 136 valence electrons. The molecule has 0 unspecified atom stereocenters. The summed E-state index contributed by atoms with van der Waals surface area (Å²) in [5, 5.41) is 16.3. The second-order valence-electron chi connectivity index (χ2n) is 6.77. The summed E-state index contributed by atoms with van der Waals surface area (Å²) in [6.07, 6.45) is 3.39. The van der Waals surface area contributed by atoms with Gasteiger partial charge < -0.3 is 14.8 Å². The van der Waals surface area contributed by atoms with E-state index in [1.54, 1.807) is 0 Å². The largest absolute Gasteiger partial charge is 0.337 e. The molecule has 1 fully saturated rings. The highest BCUT2D eigenvalue weighted by Crippen LogP contribution is 2.33. The molecule has 1 aliphatic heterocycles. The lowest BCUT2D eigenvalue weighted by atomic mass is 10.0. The number of amides is 1. The van der Waals surface area contributed by atoms with Gasteiger partial charge in [0.25, 0.3) is 0 Å². The molecule has 1 amide bonds. The van der Waals surface area contributed by atoms with Crippen molar-refractivity contribution in [2.45, 2.75) is 58.8 Å². The molecule has 1 saturated heterocycles. The lowest BCUT2D eigenvalue weighted by molar-refractivity contribution is -0.127. The zero-order valence-electron chi connectivity index (χ0n) is 15.7. The summed E-state index contributed by atoms with van der Waals surface area (Å²) in [4.78, 5) is 14.1. The molecule has 0 bridgehead atoms. The molecule has 0 spiro atoms. The zero-order chi connectivity index (χ0) is 18.1. The Morgan fingerprint density at radius 2 is 2.04 bits per heavy atom. The first-order valence-corrected chi connectivity index (χ1v) is 8.80. The van der Waals surface area contributed by atoms with E-state index in [0.717, 1.165) is 35.9 Å². The van der Waals surface area contributed by atoms with Crippen molar-refractivity contribution in [3.63, 3.8) is 0 Å². The van der Waals surface area contributed by atoms with Crippen LogP contribution in [0.2, 0.25) is 0 Å². The minimum absolute atomic E-state index is 0.00940. The Bertz CT molecular complexity index is 763. The van der Waals surface area contributed by atoms with Crippen LogP contribution in [0.15, 0.2) is 6.20 Å². The summed E-state index contributed by atoms with van der Waals surface area (Å²) >= 11 is 0. The Kier molecular flexibility index (Phi) is 4.89.